The number of anilines is 1. The summed E-state index contributed by atoms with van der Waals surface area (Å²) in [6.07, 6.45) is -6.22. The molecule has 3 unspecified atom stereocenters. The number of aliphatic hydroxyl groups is 1. The number of carbonyl (C=O) groups excluding carboxylic acids is 7. The number of nitrogens with one attached hydrogen (secondary N) is 5. The Labute approximate surface area is 649 Å². The summed E-state index contributed by atoms with van der Waals surface area (Å²) in [7, 11) is -1.93. The maximum atomic E-state index is 13.6. The number of aliphatic imine (C=N–C) groups is 1. The number of aromatic amines is 1. The molecule has 113 heavy (non-hydrogen) atoms. The van der Waals surface area contributed by atoms with Gasteiger partial charge in [0.25, 0.3) is 5.91 Å². The number of imidazole rings is 1. The van der Waals surface area contributed by atoms with Crippen LogP contribution in [0.5, 0.6) is 11.5 Å². The van der Waals surface area contributed by atoms with Crippen molar-refractivity contribution < 1.29 is 90.3 Å². The second-order valence-corrected chi connectivity index (χ2v) is 29.2. The van der Waals surface area contributed by atoms with Gasteiger partial charge in [-0.05, 0) is 68.6 Å². The van der Waals surface area contributed by atoms with Gasteiger partial charge in [0.15, 0.2) is 0 Å². The fourth-order valence-corrected chi connectivity index (χ4v) is 15.6. The Morgan fingerprint density at radius 3 is 1.96 bits per heavy atom. The Balaban J connectivity index is 0.613. The molecule has 5 aliphatic rings. The monoisotopic (exact) mass is 1560 g/mol. The molecule has 6 aromatic carbocycles. The number of nitrogens with zero attached hydrogens (tertiary/aromatic N) is 7. The number of hydrogen-bond acceptors (Lipinski definition) is 25. The first-order valence-electron chi connectivity index (χ1n) is 36.9. The van der Waals surface area contributed by atoms with E-state index < -0.39 is 99.4 Å². The van der Waals surface area contributed by atoms with Crippen molar-refractivity contribution in [3.05, 3.63) is 208 Å². The van der Waals surface area contributed by atoms with Crippen LogP contribution in [-0.2, 0) is 63.0 Å². The molecule has 7 N–H and O–H groups in total. The summed E-state index contributed by atoms with van der Waals surface area (Å²) < 4.78 is 61.7. The van der Waals surface area contributed by atoms with Crippen molar-refractivity contribution in [3.8, 4) is 39.8 Å². The Morgan fingerprint density at radius 1 is 0.708 bits per heavy atom. The van der Waals surface area contributed by atoms with Gasteiger partial charge in [-0.1, -0.05) is 109 Å². The minimum absolute atomic E-state index is 0.0134. The molecule has 0 spiro atoms. The molecule has 2 aromatic heterocycles. The number of methoxy groups -OCH3 is 1. The van der Waals surface area contributed by atoms with E-state index in [1.54, 1.807) is 55.6 Å². The molecule has 13 rings (SSSR count). The predicted molar refractivity (Wildman–Crippen MR) is 409 cm³/mol. The maximum absolute atomic E-state index is 13.6. The van der Waals surface area contributed by atoms with E-state index in [-0.39, 0.29) is 138 Å². The van der Waals surface area contributed by atoms with Crippen LogP contribution < -0.4 is 36.3 Å². The Kier molecular flexibility index (Phi) is 25.7. The number of nitriles is 1. The molecule has 8 aromatic rings. The Hall–Kier alpha value is -11.8. The fraction of sp³-hybridized carbons (Fsp3) is 0.350. The molecule has 0 saturated carbocycles. The number of amides is 5. The molecule has 33 heteroatoms. The van der Waals surface area contributed by atoms with Crippen molar-refractivity contribution in [2.75, 3.05) is 65.6 Å². The van der Waals surface area contributed by atoms with E-state index in [4.69, 9.17) is 46.7 Å². The molecule has 32 nitrogen and oxygen atoms in total. The Bertz CT molecular complexity index is 4890. The average molecular weight is 1570 g/mol. The van der Waals surface area contributed by atoms with Crippen molar-refractivity contribution in [1.82, 2.24) is 45.3 Å². The predicted octanol–water partition coefficient (Wildman–Crippen LogP) is 8.70. The van der Waals surface area contributed by atoms with Crippen LogP contribution in [0.2, 0.25) is 0 Å². The van der Waals surface area contributed by atoms with Gasteiger partial charge in [0, 0.05) is 37.5 Å². The average Bonchev–Trinajstić information content (AvgIpc) is 1.67. The zero-order chi connectivity index (χ0) is 79.1. The van der Waals surface area contributed by atoms with Gasteiger partial charge in [-0.2, -0.15) is 0 Å². The van der Waals surface area contributed by atoms with E-state index in [1.165, 1.54) is 47.0 Å². The third-order valence-electron chi connectivity index (χ3n) is 19.7. The van der Waals surface area contributed by atoms with E-state index in [0.29, 0.717) is 22.6 Å². The first kappa shape index (κ1) is 79.3. The van der Waals surface area contributed by atoms with Gasteiger partial charge in [0.2, 0.25) is 0 Å². The number of ketones is 1. The Morgan fingerprint density at radius 2 is 1.32 bits per heavy atom. The minimum atomic E-state index is -5.02. The second kappa shape index (κ2) is 36.6. The van der Waals surface area contributed by atoms with Crippen molar-refractivity contribution in [2.24, 2.45) is 4.99 Å². The number of ether oxygens (including phenoxy) is 7. The first-order chi connectivity index (χ1) is 54.8. The number of H-pyrrole nitrogens is 1. The number of amidine groups is 1. The molecule has 7 atom stereocenters. The van der Waals surface area contributed by atoms with Crippen molar-refractivity contribution in [3.63, 3.8) is 0 Å². The summed E-state index contributed by atoms with van der Waals surface area (Å²) in [6, 6.07) is 47.3. The molecule has 590 valence electrons. The number of aliphatic hydroxyl groups excluding tert-OH is 1. The van der Waals surface area contributed by atoms with Crippen LogP contribution in [0.3, 0.4) is 0 Å². The number of carbonyl (C=O) groups is 7. The number of aromatic nitrogens is 4. The van der Waals surface area contributed by atoms with Gasteiger partial charge in [-0.25, -0.2) is 9.59 Å². The fourth-order valence-electron chi connectivity index (χ4n) is 14.0. The third kappa shape index (κ3) is 19.6. The number of esters is 1. The topological polar surface area (TPSA) is 407 Å². The SMILES string of the molecule is COc1ccc(OC[C@H]2O[C@@H](n3cnc4c(=O)[nH]c(NC(=O)CCNC(=O)c5ccc(CNC(=O)OCC6c7ccccc7-c7ccccc76)cc5)nc43)CC2O[PH](O)(OCCC#N)OC[C@H]2O[C@@H](N3C=CC(NC(=O)CCCN(C)C(=O)OCC4c5ccccc5-c5ccccc54)=NC3O)CC2OC(=O)CCC(C)=O)cc1. The van der Waals surface area contributed by atoms with Crippen molar-refractivity contribution >= 4 is 72.8 Å². The van der Waals surface area contributed by atoms with Gasteiger partial charge < -0.3 is 25.0 Å². The summed E-state index contributed by atoms with van der Waals surface area (Å²) in [6.45, 7) is 0.657. The summed E-state index contributed by atoms with van der Waals surface area (Å²) in [4.78, 5) is 136. The quantitative estimate of drug-likeness (QED) is 0.00874. The molecule has 2 aliphatic carbocycles. The molecule has 0 radical (unpaired) electrons. The zero-order valence-corrected chi connectivity index (χ0v) is 63.0. The van der Waals surface area contributed by atoms with Crippen LogP contribution in [0.1, 0.15) is 115 Å². The van der Waals surface area contributed by atoms with E-state index in [2.05, 4.69) is 65.5 Å². The van der Waals surface area contributed by atoms with E-state index in [0.717, 1.165) is 44.5 Å². The van der Waals surface area contributed by atoms with Crippen molar-refractivity contribution in [2.45, 2.75) is 120 Å². The molecule has 0 bridgehead atoms. The number of benzene rings is 6. The van der Waals surface area contributed by atoms with Crippen molar-refractivity contribution in [1.29, 1.82) is 5.26 Å². The molecular formula is C80H85N12O20P. The first-order valence-corrected chi connectivity index (χ1v) is 38.6. The van der Waals surface area contributed by atoms with Gasteiger partial charge in [0.1, 0.15) is 13.2 Å². The van der Waals surface area contributed by atoms with Crippen LogP contribution in [0.4, 0.5) is 15.5 Å². The van der Waals surface area contributed by atoms with Crippen LogP contribution >= 0.6 is 8.17 Å². The standard InChI is InChI=1S/C80H85N12O20P/c1-48(93)23-32-72(96)111-63-40-70(91-38-34-67(86-78(91)99)85-68(94)22-12-37-90(2)80(101)106-44-62-59-20-10-6-16-55(59)56-17-7-11-21-60(56)62)110-66(63)46-108-113(102,107-39-13-35-81)112-64-41-71(109-65(64)45-104-52-30-28-51(103-3)29-31-52)92-47-84-73-74(92)88-77(89-76(73)98)87-69(95)33-36-82-75(97)50-26-24-49(25-27-50)42-83-79(100)105-43-61-57-18-8-4-14-53(57)54-15-5-9-19-58(54)61/h4-11,14-21,24-31,34,38,47,61-66,70-71,78,99,102,113H,12-13,22-23,32-33,36-37,39-46H2,1-3H3,(H,82,97)(H,83,100)(H,85,86,94)(H2,87,88,89,95,98)/t63?,64?,65-,66-,70-,71-,78?/m1/s1. The van der Waals surface area contributed by atoms with Crippen LogP contribution in [0.15, 0.2) is 174 Å². The summed E-state index contributed by atoms with van der Waals surface area (Å²) >= 11 is 0. The number of fused-ring (bicyclic) bond motifs is 7. The zero-order valence-electron chi connectivity index (χ0n) is 62.0. The number of hydrogen-bond donors (Lipinski definition) is 7. The molecule has 5 heterocycles. The molecule has 5 amide bonds. The molecule has 2 fully saturated rings. The van der Waals surface area contributed by atoms with Crippen LogP contribution in [0.25, 0.3) is 33.4 Å². The third-order valence-corrected chi connectivity index (χ3v) is 21.4. The van der Waals surface area contributed by atoms with Crippen LogP contribution in [0, 0.1) is 11.3 Å². The second-order valence-electron chi connectivity index (χ2n) is 27.4. The number of rotatable bonds is 33. The molecular weight excluding hydrogens is 1480 g/mol. The molecule has 3 aliphatic heterocycles. The van der Waals surface area contributed by atoms with Gasteiger partial charge in [-0.3, -0.25) is 4.79 Å². The van der Waals surface area contributed by atoms with Gasteiger partial charge in [0.05, 0.1) is 0 Å². The molecule has 2 saturated heterocycles. The summed E-state index contributed by atoms with van der Waals surface area (Å²) in [5.41, 5.74) is 8.90. The van der Waals surface area contributed by atoms with E-state index >= 15 is 0 Å². The van der Waals surface area contributed by atoms with Gasteiger partial charge >= 0.3 is 378 Å². The van der Waals surface area contributed by atoms with E-state index in [9.17, 15) is 53.6 Å². The normalized spacial score (nSPS) is 18.8. The van der Waals surface area contributed by atoms with Crippen LogP contribution in [-0.4, -0.2) is 184 Å². The van der Waals surface area contributed by atoms with Gasteiger partial charge in [-0.15, -0.1) is 0 Å². The van der Waals surface area contributed by atoms with E-state index in [1.807, 2.05) is 78.9 Å². The summed E-state index contributed by atoms with van der Waals surface area (Å²) in [5.74, 6) is -2.09. The number of Topliss-reactive ketones (excluding diaryl/α,β-unsaturated/α-hetero) is 1. The summed E-state index contributed by atoms with van der Waals surface area (Å²) in [5, 5.41) is 31.8. The number of alkyl carbamates (subject to hydrolysis) is 1.